The van der Waals surface area contributed by atoms with Crippen LogP contribution in [0.1, 0.15) is 22.0 Å². The number of hydrazine groups is 1. The number of nitrogens with zero attached hydrogens (tertiary/aromatic N) is 1. The highest BCUT2D eigenvalue weighted by Gasteiger charge is 2.49. The molecule has 2 aromatic carbocycles. The Labute approximate surface area is 142 Å². The molecule has 5 nitrogen and oxygen atoms in total. The van der Waals surface area contributed by atoms with Crippen molar-refractivity contribution in [2.75, 3.05) is 5.73 Å². The van der Waals surface area contributed by atoms with Crippen LogP contribution in [0.2, 0.25) is 5.02 Å². The van der Waals surface area contributed by atoms with Gasteiger partial charge in [0, 0.05) is 16.3 Å². The van der Waals surface area contributed by atoms with E-state index in [4.69, 9.17) is 28.9 Å². The van der Waals surface area contributed by atoms with Gasteiger partial charge in [-0.1, -0.05) is 29.8 Å². The van der Waals surface area contributed by atoms with Crippen LogP contribution in [0.4, 0.5) is 5.69 Å². The molecule has 23 heavy (non-hydrogen) atoms. The van der Waals surface area contributed by atoms with Gasteiger partial charge in [0.15, 0.2) is 0 Å². The summed E-state index contributed by atoms with van der Waals surface area (Å²) < 4.78 is 0. The number of alkyl halides is 1. The minimum Gasteiger partial charge on any atom is -0.399 e. The Hall–Kier alpha value is -2.24. The average Bonchev–Trinajstić information content (AvgIpc) is 2.56. The van der Waals surface area contributed by atoms with Crippen LogP contribution in [0.3, 0.4) is 0 Å². The van der Waals surface area contributed by atoms with E-state index >= 15 is 0 Å². The van der Waals surface area contributed by atoms with Crippen molar-refractivity contribution < 1.29 is 9.59 Å². The number of hydrogen-bond donors (Lipinski definition) is 2. The normalized spacial score (nSPS) is 20.1. The van der Waals surface area contributed by atoms with Crippen LogP contribution in [0.15, 0.2) is 48.5 Å². The van der Waals surface area contributed by atoms with Crippen molar-refractivity contribution >= 4 is 40.7 Å². The highest BCUT2D eigenvalue weighted by Crippen LogP contribution is 2.40. The van der Waals surface area contributed by atoms with Gasteiger partial charge in [0.25, 0.3) is 11.8 Å². The molecule has 1 fully saturated rings. The Morgan fingerprint density at radius 3 is 2.43 bits per heavy atom. The monoisotopic (exact) mass is 349 g/mol. The molecular weight excluding hydrogens is 337 g/mol. The molecule has 1 heterocycles. The van der Waals surface area contributed by atoms with Crippen LogP contribution in [-0.2, 0) is 4.79 Å². The maximum absolute atomic E-state index is 12.3. The second kappa shape index (κ2) is 6.10. The van der Waals surface area contributed by atoms with Gasteiger partial charge >= 0.3 is 0 Å². The highest BCUT2D eigenvalue weighted by molar-refractivity contribution is 6.35. The second-order valence-corrected chi connectivity index (χ2v) is 6.02. The van der Waals surface area contributed by atoms with Crippen molar-refractivity contribution in [3.8, 4) is 0 Å². The van der Waals surface area contributed by atoms with E-state index in [1.165, 1.54) is 5.01 Å². The quantitative estimate of drug-likeness (QED) is 0.508. The van der Waals surface area contributed by atoms with Gasteiger partial charge in [-0.15, -0.1) is 11.6 Å². The Morgan fingerprint density at radius 1 is 1.13 bits per heavy atom. The van der Waals surface area contributed by atoms with Crippen molar-refractivity contribution in [3.63, 3.8) is 0 Å². The number of anilines is 1. The van der Waals surface area contributed by atoms with E-state index in [1.807, 2.05) is 0 Å². The topological polar surface area (TPSA) is 75.4 Å². The molecule has 2 atom stereocenters. The van der Waals surface area contributed by atoms with Gasteiger partial charge in [-0.2, -0.15) is 0 Å². The first kappa shape index (κ1) is 15.6. The number of nitrogen functional groups attached to an aromatic ring is 1. The van der Waals surface area contributed by atoms with Crippen LogP contribution in [0, 0.1) is 0 Å². The maximum atomic E-state index is 12.3. The van der Waals surface area contributed by atoms with Gasteiger partial charge in [-0.25, -0.2) is 5.01 Å². The number of β-lactam (4-membered cyclic amide) rings is 1. The van der Waals surface area contributed by atoms with Gasteiger partial charge in [0.05, 0.1) is 0 Å². The standard InChI is InChI=1S/C16H13Cl2N3O2/c17-12-4-2-1-3-11(12)14-13(18)16(23)21(14)20-15(22)9-5-7-10(19)8-6-9/h1-8,13-14H,19H2,(H,20,22)/t13-,14+/m0/s1. The Kier molecular flexibility index (Phi) is 4.15. The van der Waals surface area contributed by atoms with Gasteiger partial charge in [-0.05, 0) is 35.9 Å². The lowest BCUT2D eigenvalue weighted by Gasteiger charge is -2.44. The molecule has 1 aliphatic rings. The van der Waals surface area contributed by atoms with Gasteiger partial charge in [-0.3, -0.25) is 15.0 Å². The van der Waals surface area contributed by atoms with E-state index in [2.05, 4.69) is 5.43 Å². The summed E-state index contributed by atoms with van der Waals surface area (Å²) in [6.07, 6.45) is 0. The van der Waals surface area contributed by atoms with Gasteiger partial charge in [0.1, 0.15) is 11.4 Å². The fourth-order valence-corrected chi connectivity index (χ4v) is 3.00. The SMILES string of the molecule is Nc1ccc(C(=O)NN2C(=O)[C@@H](Cl)[C@H]2c2ccccc2Cl)cc1. The number of nitrogens with one attached hydrogen (secondary N) is 1. The van der Waals surface area contributed by atoms with Crippen LogP contribution in [0.5, 0.6) is 0 Å². The van der Waals surface area contributed by atoms with Crippen molar-refractivity contribution in [1.82, 2.24) is 10.4 Å². The number of rotatable bonds is 3. The summed E-state index contributed by atoms with van der Waals surface area (Å²) in [6.45, 7) is 0. The van der Waals surface area contributed by atoms with Crippen molar-refractivity contribution in [3.05, 3.63) is 64.7 Å². The molecular formula is C16H13Cl2N3O2. The smallest absolute Gasteiger partial charge is 0.269 e. The fourth-order valence-electron chi connectivity index (χ4n) is 2.40. The number of halogens is 2. The van der Waals surface area contributed by atoms with Crippen molar-refractivity contribution in [1.29, 1.82) is 0 Å². The van der Waals surface area contributed by atoms with E-state index in [0.29, 0.717) is 21.8 Å². The zero-order valence-electron chi connectivity index (χ0n) is 11.9. The summed E-state index contributed by atoms with van der Waals surface area (Å²) in [5.41, 5.74) is 9.79. The first-order valence-corrected chi connectivity index (χ1v) is 7.68. The Balaban J connectivity index is 1.81. The van der Waals surface area contributed by atoms with Crippen molar-refractivity contribution in [2.45, 2.75) is 11.4 Å². The number of amides is 2. The van der Waals surface area contributed by atoms with E-state index in [-0.39, 0.29) is 5.91 Å². The molecule has 2 amide bonds. The summed E-state index contributed by atoms with van der Waals surface area (Å²) in [5, 5.41) is 0.932. The first-order valence-electron chi connectivity index (χ1n) is 6.87. The average molecular weight is 350 g/mol. The summed E-state index contributed by atoms with van der Waals surface area (Å²) in [5.74, 6) is -0.792. The number of carbonyl (C=O) groups excluding carboxylic acids is 2. The van der Waals surface area contributed by atoms with Crippen LogP contribution in [0.25, 0.3) is 0 Å². The summed E-state index contributed by atoms with van der Waals surface area (Å²) in [4.78, 5) is 24.2. The molecule has 0 aliphatic carbocycles. The lowest BCUT2D eigenvalue weighted by Crippen LogP contribution is -2.63. The third kappa shape index (κ3) is 2.85. The molecule has 7 heteroatoms. The molecule has 0 radical (unpaired) electrons. The molecule has 0 saturated carbocycles. The molecule has 3 rings (SSSR count). The summed E-state index contributed by atoms with van der Waals surface area (Å²) in [7, 11) is 0. The predicted molar refractivity (Wildman–Crippen MR) is 89.0 cm³/mol. The molecule has 2 aromatic rings. The molecule has 0 aromatic heterocycles. The molecule has 3 N–H and O–H groups in total. The van der Waals surface area contributed by atoms with Crippen LogP contribution in [-0.4, -0.2) is 22.2 Å². The van der Waals surface area contributed by atoms with E-state index in [0.717, 1.165) is 0 Å². The molecule has 0 unspecified atom stereocenters. The zero-order chi connectivity index (χ0) is 16.6. The van der Waals surface area contributed by atoms with Crippen molar-refractivity contribution in [2.24, 2.45) is 0 Å². The third-order valence-electron chi connectivity index (χ3n) is 3.65. The van der Waals surface area contributed by atoms with E-state index in [9.17, 15) is 9.59 Å². The van der Waals surface area contributed by atoms with Gasteiger partial charge < -0.3 is 5.73 Å². The molecule has 118 valence electrons. The van der Waals surface area contributed by atoms with E-state index < -0.39 is 17.3 Å². The molecule has 0 spiro atoms. The first-order chi connectivity index (χ1) is 11.0. The maximum Gasteiger partial charge on any atom is 0.269 e. The molecule has 0 bridgehead atoms. The van der Waals surface area contributed by atoms with Crippen LogP contribution >= 0.6 is 23.2 Å². The Morgan fingerprint density at radius 2 is 1.78 bits per heavy atom. The number of carbonyl (C=O) groups is 2. The minimum absolute atomic E-state index is 0.375. The van der Waals surface area contributed by atoms with Crippen LogP contribution < -0.4 is 11.2 Å². The Bertz CT molecular complexity index is 764. The number of hydrogen-bond acceptors (Lipinski definition) is 3. The predicted octanol–water partition coefficient (Wildman–Crippen LogP) is 2.76. The van der Waals surface area contributed by atoms with E-state index in [1.54, 1.807) is 48.5 Å². The fraction of sp³-hybridized carbons (Fsp3) is 0.125. The number of benzene rings is 2. The minimum atomic E-state index is -0.762. The zero-order valence-corrected chi connectivity index (χ0v) is 13.4. The lowest BCUT2D eigenvalue weighted by molar-refractivity contribution is -0.149. The van der Waals surface area contributed by atoms with Gasteiger partial charge in [0.2, 0.25) is 0 Å². The summed E-state index contributed by atoms with van der Waals surface area (Å²) >= 11 is 12.3. The third-order valence-corrected chi connectivity index (χ3v) is 4.42. The lowest BCUT2D eigenvalue weighted by atomic mass is 9.95. The number of nitrogens with two attached hydrogens (primary N) is 1. The second-order valence-electron chi connectivity index (χ2n) is 5.14. The highest BCUT2D eigenvalue weighted by atomic mass is 35.5. The molecule has 1 saturated heterocycles. The molecule has 1 aliphatic heterocycles. The summed E-state index contributed by atoms with van der Waals surface area (Å²) in [6, 6.07) is 13.0. The largest absolute Gasteiger partial charge is 0.399 e.